The Kier molecular flexibility index (Phi) is 3.94. The molecule has 0 spiro atoms. The van der Waals surface area contributed by atoms with Crippen molar-refractivity contribution in [2.45, 2.75) is 0 Å². The number of hydrogen-bond acceptors (Lipinski definition) is 1. The van der Waals surface area contributed by atoms with Gasteiger partial charge in [0.25, 0.3) is 0 Å². The van der Waals surface area contributed by atoms with Crippen molar-refractivity contribution in [2.24, 2.45) is 0 Å². The van der Waals surface area contributed by atoms with E-state index in [1.165, 1.54) is 0 Å². The van der Waals surface area contributed by atoms with Crippen molar-refractivity contribution in [2.75, 3.05) is 13.1 Å². The van der Waals surface area contributed by atoms with Crippen LogP contribution in [0.15, 0.2) is 18.2 Å². The molecule has 2 rings (SSSR count). The molecule has 1 aromatic rings. The molecular formula is C10H10ClLiN2. The molecule has 1 aromatic carbocycles. The molecule has 68 valence electrons. The fourth-order valence-electron chi connectivity index (χ4n) is 1.35. The smallest absolute Gasteiger partial charge is 0.481 e. The maximum Gasteiger partial charge on any atom is 1.00 e. The van der Waals surface area contributed by atoms with Gasteiger partial charge in [0, 0.05) is 5.02 Å². The summed E-state index contributed by atoms with van der Waals surface area (Å²) >= 11 is 5.88. The van der Waals surface area contributed by atoms with Crippen LogP contribution in [0.5, 0.6) is 0 Å². The van der Waals surface area contributed by atoms with Crippen LogP contribution in [0.3, 0.4) is 0 Å². The van der Waals surface area contributed by atoms with Crippen molar-refractivity contribution in [3.8, 4) is 0 Å². The first-order chi connectivity index (χ1) is 6.27. The van der Waals surface area contributed by atoms with E-state index in [4.69, 9.17) is 11.6 Å². The van der Waals surface area contributed by atoms with Gasteiger partial charge in [0.05, 0.1) is 0 Å². The molecule has 0 saturated carbocycles. The fourth-order valence-corrected chi connectivity index (χ4v) is 1.52. The summed E-state index contributed by atoms with van der Waals surface area (Å²) in [5, 5.41) is 10.2. The quantitative estimate of drug-likeness (QED) is 0.473. The topological polar surface area (TPSA) is 26.1 Å². The molecule has 1 saturated heterocycles. The van der Waals surface area contributed by atoms with E-state index in [2.05, 4.69) is 17.2 Å². The molecule has 0 aromatic heterocycles. The normalized spacial score (nSPS) is 18.1. The molecule has 0 radical (unpaired) electrons. The van der Waals surface area contributed by atoms with E-state index in [1.54, 1.807) is 0 Å². The summed E-state index contributed by atoms with van der Waals surface area (Å²) in [6.07, 6.45) is 0. The SMILES string of the molecule is C=c1ccc(Cl)c/c1=C1/[N-]CCN1.[Li+]. The summed E-state index contributed by atoms with van der Waals surface area (Å²) in [5.74, 6) is 0.910. The van der Waals surface area contributed by atoms with Crippen LogP contribution in [0.25, 0.3) is 17.7 Å². The van der Waals surface area contributed by atoms with E-state index < -0.39 is 0 Å². The van der Waals surface area contributed by atoms with E-state index in [1.807, 2.05) is 18.2 Å². The predicted molar refractivity (Wildman–Crippen MR) is 55.9 cm³/mol. The van der Waals surface area contributed by atoms with Crippen molar-refractivity contribution in [1.82, 2.24) is 5.32 Å². The third-order valence-corrected chi connectivity index (χ3v) is 2.24. The molecule has 0 unspecified atom stereocenters. The summed E-state index contributed by atoms with van der Waals surface area (Å²) in [7, 11) is 0. The van der Waals surface area contributed by atoms with Gasteiger partial charge in [-0.2, -0.15) is 0 Å². The minimum absolute atomic E-state index is 0. The Balaban J connectivity index is 0.000000980. The summed E-state index contributed by atoms with van der Waals surface area (Å²) < 4.78 is 0. The maximum absolute atomic E-state index is 5.88. The third kappa shape index (κ3) is 2.27. The minimum atomic E-state index is 0. The number of benzene rings is 1. The van der Waals surface area contributed by atoms with Crippen molar-refractivity contribution in [3.63, 3.8) is 0 Å². The Bertz CT molecular complexity index is 422. The molecule has 1 aliphatic heterocycles. The monoisotopic (exact) mass is 200 g/mol. The van der Waals surface area contributed by atoms with E-state index in [0.29, 0.717) is 0 Å². The molecule has 4 heteroatoms. The van der Waals surface area contributed by atoms with Crippen LogP contribution in [0.2, 0.25) is 5.02 Å². The van der Waals surface area contributed by atoms with Gasteiger partial charge in [-0.3, -0.25) is 0 Å². The number of rotatable bonds is 0. The van der Waals surface area contributed by atoms with Gasteiger partial charge >= 0.3 is 18.9 Å². The van der Waals surface area contributed by atoms with Gasteiger partial charge in [-0.25, -0.2) is 0 Å². The van der Waals surface area contributed by atoms with Crippen LogP contribution in [0.4, 0.5) is 0 Å². The first-order valence-corrected chi connectivity index (χ1v) is 4.55. The number of halogens is 1. The minimum Gasteiger partial charge on any atom is -0.481 e. The Hall–Kier alpha value is -0.553. The van der Waals surface area contributed by atoms with Gasteiger partial charge in [-0.05, 0) is 22.6 Å². The third-order valence-electron chi connectivity index (χ3n) is 2.00. The number of hydrogen-bond donors (Lipinski definition) is 1. The van der Waals surface area contributed by atoms with Crippen LogP contribution in [0, 0.1) is 0 Å². The Morgan fingerprint density at radius 2 is 2.21 bits per heavy atom. The second-order valence-electron chi connectivity index (χ2n) is 2.96. The molecule has 0 amide bonds. The molecule has 1 N–H and O–H groups in total. The number of nitrogens with zero attached hydrogens (tertiary/aromatic N) is 1. The zero-order chi connectivity index (χ0) is 9.26. The molecule has 0 bridgehead atoms. The fraction of sp³-hybridized carbons (Fsp3) is 0.200. The van der Waals surface area contributed by atoms with Gasteiger partial charge in [-0.1, -0.05) is 43.2 Å². The molecule has 14 heavy (non-hydrogen) atoms. The first-order valence-electron chi connectivity index (χ1n) is 4.17. The largest absolute Gasteiger partial charge is 1.00 e. The average Bonchev–Trinajstić information content (AvgIpc) is 2.61. The van der Waals surface area contributed by atoms with Gasteiger partial charge in [0.2, 0.25) is 0 Å². The maximum atomic E-state index is 5.88. The zero-order valence-corrected chi connectivity index (χ0v) is 8.93. The molecular weight excluding hydrogens is 191 g/mol. The van der Waals surface area contributed by atoms with Crippen LogP contribution < -0.4 is 34.6 Å². The molecule has 1 aliphatic rings. The van der Waals surface area contributed by atoms with Crippen LogP contribution in [-0.4, -0.2) is 13.1 Å². The summed E-state index contributed by atoms with van der Waals surface area (Å²) in [6.45, 7) is 5.67. The van der Waals surface area contributed by atoms with Crippen molar-refractivity contribution >= 4 is 24.0 Å². The van der Waals surface area contributed by atoms with Crippen molar-refractivity contribution in [3.05, 3.63) is 39.0 Å². The van der Waals surface area contributed by atoms with Crippen molar-refractivity contribution in [1.29, 1.82) is 0 Å². The average molecular weight is 201 g/mol. The second-order valence-corrected chi connectivity index (χ2v) is 3.40. The van der Waals surface area contributed by atoms with Crippen molar-refractivity contribution < 1.29 is 18.9 Å². The Morgan fingerprint density at radius 1 is 1.43 bits per heavy atom. The molecule has 2 nitrogen and oxygen atoms in total. The van der Waals surface area contributed by atoms with Gasteiger partial charge < -0.3 is 10.6 Å². The van der Waals surface area contributed by atoms with Gasteiger partial charge in [0.1, 0.15) is 0 Å². The summed E-state index contributed by atoms with van der Waals surface area (Å²) in [6, 6.07) is 5.63. The van der Waals surface area contributed by atoms with Gasteiger partial charge in [-0.15, -0.1) is 0 Å². The molecule has 0 atom stereocenters. The zero-order valence-electron chi connectivity index (χ0n) is 8.18. The standard InChI is InChI=1S/C10H10ClN2.Li/c1-7-2-3-8(11)6-9(7)10-12-4-5-13-10;/h2-3,6,12H,1,4-5H2;/q-1;+1/b10-9-;. The van der Waals surface area contributed by atoms with E-state index >= 15 is 0 Å². The summed E-state index contributed by atoms with van der Waals surface area (Å²) in [5.41, 5.74) is 0. The van der Waals surface area contributed by atoms with Crippen LogP contribution in [0.1, 0.15) is 0 Å². The number of nitrogens with one attached hydrogen (secondary N) is 1. The van der Waals surface area contributed by atoms with Crippen LogP contribution >= 0.6 is 11.6 Å². The van der Waals surface area contributed by atoms with E-state index in [-0.39, 0.29) is 18.9 Å². The first kappa shape index (κ1) is 11.5. The van der Waals surface area contributed by atoms with E-state index in [9.17, 15) is 0 Å². The molecule has 1 heterocycles. The molecule has 1 fully saturated rings. The predicted octanol–water partition coefficient (Wildman–Crippen LogP) is -2.20. The Labute approximate surface area is 100 Å². The van der Waals surface area contributed by atoms with Gasteiger partial charge in [0.15, 0.2) is 0 Å². The van der Waals surface area contributed by atoms with E-state index in [0.717, 1.165) is 34.4 Å². The van der Waals surface area contributed by atoms with Crippen LogP contribution in [-0.2, 0) is 0 Å². The Morgan fingerprint density at radius 3 is 2.86 bits per heavy atom. The second kappa shape index (κ2) is 4.79. The molecule has 0 aliphatic carbocycles. The summed E-state index contributed by atoms with van der Waals surface area (Å²) in [4.78, 5) is 0.